The molecule has 8 nitrogen and oxygen atoms in total. The van der Waals surface area contributed by atoms with E-state index in [1.54, 1.807) is 12.1 Å². The van der Waals surface area contributed by atoms with Crippen molar-refractivity contribution in [3.63, 3.8) is 0 Å². The van der Waals surface area contributed by atoms with Gasteiger partial charge in [-0.15, -0.1) is 0 Å². The Morgan fingerprint density at radius 2 is 2.10 bits per heavy atom. The maximum atomic E-state index is 11.0. The van der Waals surface area contributed by atoms with Crippen LogP contribution in [0.3, 0.4) is 0 Å². The molecule has 2 rings (SSSR count). The van der Waals surface area contributed by atoms with Gasteiger partial charge in [0.1, 0.15) is 5.75 Å². The highest BCUT2D eigenvalue weighted by Gasteiger charge is 2.18. The van der Waals surface area contributed by atoms with Crippen molar-refractivity contribution in [2.24, 2.45) is 0 Å². The molecule has 1 aromatic carbocycles. The number of carboxylic acids is 1. The number of carboxylic acid groups (broad SMARTS) is 1. The number of aromatic nitrogens is 1. The van der Waals surface area contributed by atoms with Crippen molar-refractivity contribution < 1.29 is 29.0 Å². The van der Waals surface area contributed by atoms with E-state index >= 15 is 0 Å². The van der Waals surface area contributed by atoms with Crippen LogP contribution < -0.4 is 10.5 Å². The van der Waals surface area contributed by atoms with E-state index < -0.39 is 19.9 Å². The van der Waals surface area contributed by atoms with Crippen molar-refractivity contribution >= 4 is 30.2 Å². The van der Waals surface area contributed by atoms with E-state index in [4.69, 9.17) is 25.4 Å². The molecule has 9 heteroatoms. The van der Waals surface area contributed by atoms with Crippen molar-refractivity contribution in [1.29, 1.82) is 0 Å². The lowest BCUT2D eigenvalue weighted by atomic mass is 10.1. The summed E-state index contributed by atoms with van der Waals surface area (Å²) in [6.45, 7) is 0. The van der Waals surface area contributed by atoms with Gasteiger partial charge in [-0.1, -0.05) is 6.07 Å². The molecule has 0 aliphatic rings. The first-order valence-corrected chi connectivity index (χ1v) is 7.17. The minimum absolute atomic E-state index is 0.00280. The minimum Gasteiger partial charge on any atom is -0.480 e. The Kier molecular flexibility index (Phi) is 3.63. The summed E-state index contributed by atoms with van der Waals surface area (Å²) < 4.78 is 15.8. The summed E-state index contributed by atoms with van der Waals surface area (Å²) in [6.07, 6.45) is -0.861. The Morgan fingerprint density at radius 1 is 1.40 bits per heavy atom. The van der Waals surface area contributed by atoms with E-state index in [0.717, 1.165) is 6.07 Å². The van der Waals surface area contributed by atoms with E-state index in [2.05, 4.69) is 4.98 Å². The summed E-state index contributed by atoms with van der Waals surface area (Å²) in [7, 11) is -4.38. The number of hydrogen-bond acceptors (Lipinski definition) is 5. The van der Waals surface area contributed by atoms with E-state index in [1.807, 2.05) is 0 Å². The van der Waals surface area contributed by atoms with Crippen molar-refractivity contribution in [2.45, 2.75) is 0 Å². The number of para-hydroxylation sites is 1. The maximum absolute atomic E-state index is 11.0. The van der Waals surface area contributed by atoms with E-state index in [9.17, 15) is 9.36 Å². The fourth-order valence-corrected chi connectivity index (χ4v) is 1.93. The second kappa shape index (κ2) is 5.09. The molecule has 0 fully saturated rings. The number of nitrogens with two attached hydrogens (primary N) is 1. The number of rotatable bonds is 4. The lowest BCUT2D eigenvalue weighted by molar-refractivity contribution is 0.0690. The third kappa shape index (κ3) is 3.05. The monoisotopic (exact) mass is 298 g/mol. The third-order valence-corrected chi connectivity index (χ3v) is 2.91. The Bertz CT molecular complexity index is 726. The number of pyridine rings is 1. The van der Waals surface area contributed by atoms with Gasteiger partial charge in [-0.25, -0.2) is 9.78 Å². The molecule has 0 radical (unpaired) electrons. The molecule has 0 unspecified atom stereocenters. The van der Waals surface area contributed by atoms with Gasteiger partial charge in [0.05, 0.1) is 11.2 Å². The van der Waals surface area contributed by atoms with Gasteiger partial charge in [0.15, 0.2) is 12.0 Å². The molecule has 106 valence electrons. The zero-order chi connectivity index (χ0) is 14.9. The fraction of sp³-hybridized carbons (Fsp3) is 0.0909. The number of ether oxygens (including phenoxy) is 1. The van der Waals surface area contributed by atoms with Crippen molar-refractivity contribution in [2.75, 3.05) is 12.1 Å². The summed E-state index contributed by atoms with van der Waals surface area (Å²) in [5.74, 6) is -1.29. The average molecular weight is 298 g/mol. The summed E-state index contributed by atoms with van der Waals surface area (Å²) in [6, 6.07) is 5.80. The van der Waals surface area contributed by atoms with Crippen LogP contribution in [-0.2, 0) is 4.57 Å². The number of anilines is 1. The normalized spacial score (nSPS) is 11.5. The molecular weight excluding hydrogens is 287 g/mol. The van der Waals surface area contributed by atoms with Crippen LogP contribution in [0.1, 0.15) is 10.5 Å². The lowest BCUT2D eigenvalue weighted by Gasteiger charge is -2.11. The van der Waals surface area contributed by atoms with Gasteiger partial charge < -0.3 is 25.4 Å². The third-order valence-electron chi connectivity index (χ3n) is 2.44. The largest absolute Gasteiger partial charge is 0.480 e. The van der Waals surface area contributed by atoms with Gasteiger partial charge >= 0.3 is 13.6 Å². The zero-order valence-electron chi connectivity index (χ0n) is 10.1. The first-order chi connectivity index (χ1) is 9.28. The zero-order valence-corrected chi connectivity index (χ0v) is 10.9. The molecule has 0 saturated carbocycles. The van der Waals surface area contributed by atoms with Gasteiger partial charge in [-0.05, 0) is 12.1 Å². The van der Waals surface area contributed by atoms with Crippen molar-refractivity contribution in [3.05, 3.63) is 30.0 Å². The van der Waals surface area contributed by atoms with Gasteiger partial charge in [0.25, 0.3) is 0 Å². The Hall–Kier alpha value is -2.15. The van der Waals surface area contributed by atoms with Crippen LogP contribution in [0.25, 0.3) is 10.9 Å². The average Bonchev–Trinajstić information content (AvgIpc) is 2.35. The first kappa shape index (κ1) is 14.3. The van der Waals surface area contributed by atoms with Crippen molar-refractivity contribution in [1.82, 2.24) is 4.98 Å². The molecule has 1 aromatic heterocycles. The standard InChI is InChI=1S/C11H11N2O6P/c12-7-3-1-2-6-9(19-5-20(16,17)18)4-8(11(14)15)13-10(6)7/h1-4H,5,12H2,(H,14,15)(H2,16,17,18). The molecule has 0 bridgehead atoms. The van der Waals surface area contributed by atoms with Crippen LogP contribution in [0.4, 0.5) is 5.69 Å². The Morgan fingerprint density at radius 3 is 2.70 bits per heavy atom. The van der Waals surface area contributed by atoms with E-state index in [-0.39, 0.29) is 22.6 Å². The van der Waals surface area contributed by atoms with Crippen LogP contribution in [0, 0.1) is 0 Å². The smallest absolute Gasteiger partial charge is 0.362 e. The minimum atomic E-state index is -4.38. The summed E-state index contributed by atoms with van der Waals surface area (Å²) in [5, 5.41) is 9.35. The number of carbonyl (C=O) groups is 1. The number of benzene rings is 1. The van der Waals surface area contributed by atoms with E-state index in [0.29, 0.717) is 5.39 Å². The lowest BCUT2D eigenvalue weighted by Crippen LogP contribution is -2.05. The molecule has 0 spiro atoms. The molecule has 0 aliphatic heterocycles. The number of nitrogen functional groups attached to an aromatic ring is 1. The Labute approximate surface area is 113 Å². The first-order valence-electron chi connectivity index (χ1n) is 5.38. The molecule has 1 heterocycles. The number of aromatic carboxylic acids is 1. The molecule has 0 aliphatic carbocycles. The number of hydrogen-bond donors (Lipinski definition) is 4. The SMILES string of the molecule is Nc1cccc2c(OCP(=O)(O)O)cc(C(=O)O)nc12. The predicted octanol–water partition coefficient (Wildman–Crippen LogP) is 1.03. The van der Waals surface area contributed by atoms with Crippen LogP contribution >= 0.6 is 7.60 Å². The van der Waals surface area contributed by atoms with Gasteiger partial charge in [0, 0.05) is 11.5 Å². The predicted molar refractivity (Wildman–Crippen MR) is 70.7 cm³/mol. The summed E-state index contributed by atoms with van der Waals surface area (Å²) in [4.78, 5) is 32.5. The van der Waals surface area contributed by atoms with Crippen LogP contribution in [0.5, 0.6) is 5.75 Å². The highest BCUT2D eigenvalue weighted by atomic mass is 31.2. The second-order valence-corrected chi connectivity index (χ2v) is 5.58. The topological polar surface area (TPSA) is 143 Å². The highest BCUT2D eigenvalue weighted by Crippen LogP contribution is 2.36. The van der Waals surface area contributed by atoms with Crippen LogP contribution in [0.15, 0.2) is 24.3 Å². The van der Waals surface area contributed by atoms with Crippen LogP contribution in [-0.4, -0.2) is 32.2 Å². The quantitative estimate of drug-likeness (QED) is 0.484. The maximum Gasteiger partial charge on any atom is 0.362 e. The molecule has 0 amide bonds. The highest BCUT2D eigenvalue weighted by molar-refractivity contribution is 7.51. The van der Waals surface area contributed by atoms with Crippen LogP contribution in [0.2, 0.25) is 0 Å². The second-order valence-electron chi connectivity index (χ2n) is 3.99. The van der Waals surface area contributed by atoms with Gasteiger partial charge in [-0.2, -0.15) is 0 Å². The number of fused-ring (bicyclic) bond motifs is 1. The molecule has 0 atom stereocenters. The number of nitrogens with zero attached hydrogens (tertiary/aromatic N) is 1. The van der Waals surface area contributed by atoms with Gasteiger partial charge in [0.2, 0.25) is 0 Å². The van der Waals surface area contributed by atoms with E-state index in [1.165, 1.54) is 6.07 Å². The Balaban J connectivity index is 2.58. The van der Waals surface area contributed by atoms with Crippen molar-refractivity contribution in [3.8, 4) is 5.75 Å². The molecule has 2 aromatic rings. The summed E-state index contributed by atoms with van der Waals surface area (Å²) in [5.41, 5.74) is 5.83. The fourth-order valence-electron chi connectivity index (χ4n) is 1.62. The summed E-state index contributed by atoms with van der Waals surface area (Å²) >= 11 is 0. The van der Waals surface area contributed by atoms with Gasteiger partial charge in [-0.3, -0.25) is 4.57 Å². The molecule has 0 saturated heterocycles. The molecule has 5 N–H and O–H groups in total. The molecular formula is C11H11N2O6P. The molecule has 20 heavy (non-hydrogen) atoms.